The first-order valence-corrected chi connectivity index (χ1v) is 11.5. The molecular weight excluding hydrogens is 376 g/mol. The third-order valence-electron chi connectivity index (χ3n) is 5.01. The normalized spacial score (nSPS) is 16.9. The topological polar surface area (TPSA) is 0 Å². The summed E-state index contributed by atoms with van der Waals surface area (Å²) < 4.78 is 0. The Kier molecular flexibility index (Phi) is 5.99. The van der Waals surface area contributed by atoms with Crippen molar-refractivity contribution in [2.24, 2.45) is 0 Å². The number of rotatable bonds is 5. The van der Waals surface area contributed by atoms with E-state index in [1.807, 2.05) is 23.1 Å². The lowest BCUT2D eigenvalue weighted by molar-refractivity contribution is 0.992. The van der Waals surface area contributed by atoms with Gasteiger partial charge < -0.3 is 0 Å². The van der Waals surface area contributed by atoms with Gasteiger partial charge in [0.1, 0.15) is 0 Å². The number of hydrogen-bond donors (Lipinski definition) is 0. The minimum absolute atomic E-state index is 0.524. The fourth-order valence-corrected chi connectivity index (χ4v) is 5.25. The van der Waals surface area contributed by atoms with Crippen LogP contribution in [0.1, 0.15) is 36.6 Å². The Labute approximate surface area is 176 Å². The number of thiophene rings is 1. The summed E-state index contributed by atoms with van der Waals surface area (Å²) >= 11 is 3.74. The predicted molar refractivity (Wildman–Crippen MR) is 128 cm³/mol. The highest BCUT2D eigenvalue weighted by Crippen LogP contribution is 2.42. The van der Waals surface area contributed by atoms with E-state index in [1.54, 1.807) is 0 Å². The average molecular weight is 401 g/mol. The molecule has 0 spiro atoms. The molecule has 3 aromatic rings. The molecule has 0 bridgehead atoms. The fraction of sp³-hybridized carbons (Fsp3) is 0.154. The van der Waals surface area contributed by atoms with Crippen LogP contribution in [-0.2, 0) is 0 Å². The van der Waals surface area contributed by atoms with E-state index in [-0.39, 0.29) is 0 Å². The minimum Gasteiger partial charge on any atom is -0.144 e. The van der Waals surface area contributed by atoms with E-state index in [0.29, 0.717) is 5.25 Å². The lowest BCUT2D eigenvalue weighted by Gasteiger charge is -2.15. The SMILES string of the molecule is C/C=C\C(=C/C)c1cccc(-c2cc(-c3cccs3)cc(C3CC=CS3)c2)c1. The highest BCUT2D eigenvalue weighted by Gasteiger charge is 2.16. The summed E-state index contributed by atoms with van der Waals surface area (Å²) in [7, 11) is 0. The van der Waals surface area contributed by atoms with Crippen molar-refractivity contribution in [3.05, 3.63) is 101 Å². The molecule has 2 heterocycles. The van der Waals surface area contributed by atoms with Crippen molar-refractivity contribution in [3.63, 3.8) is 0 Å². The summed E-state index contributed by atoms with van der Waals surface area (Å²) in [5, 5.41) is 4.91. The smallest absolute Gasteiger partial charge is 0.0373 e. The quantitative estimate of drug-likeness (QED) is 0.386. The van der Waals surface area contributed by atoms with E-state index < -0.39 is 0 Å². The van der Waals surface area contributed by atoms with Crippen LogP contribution in [0.4, 0.5) is 0 Å². The van der Waals surface area contributed by atoms with Gasteiger partial charge in [-0.2, -0.15) is 0 Å². The van der Waals surface area contributed by atoms with Gasteiger partial charge in [-0.25, -0.2) is 0 Å². The summed E-state index contributed by atoms with van der Waals surface area (Å²) in [6, 6.07) is 20.3. The maximum atomic E-state index is 2.38. The van der Waals surface area contributed by atoms with Gasteiger partial charge in [0.05, 0.1) is 0 Å². The molecule has 1 unspecified atom stereocenters. The highest BCUT2D eigenvalue weighted by atomic mass is 32.2. The molecule has 2 aromatic carbocycles. The fourth-order valence-electron chi connectivity index (χ4n) is 3.61. The van der Waals surface area contributed by atoms with Crippen LogP contribution >= 0.6 is 23.1 Å². The predicted octanol–water partition coefficient (Wildman–Crippen LogP) is 8.75. The molecule has 4 rings (SSSR count). The van der Waals surface area contributed by atoms with Gasteiger partial charge in [-0.15, -0.1) is 23.1 Å². The van der Waals surface area contributed by atoms with Crippen molar-refractivity contribution in [1.29, 1.82) is 0 Å². The third-order valence-corrected chi connectivity index (χ3v) is 7.07. The minimum atomic E-state index is 0.524. The molecule has 0 saturated carbocycles. The van der Waals surface area contributed by atoms with Crippen molar-refractivity contribution in [2.75, 3.05) is 0 Å². The second kappa shape index (κ2) is 8.81. The summed E-state index contributed by atoms with van der Waals surface area (Å²) in [5.74, 6) is 0. The zero-order valence-corrected chi connectivity index (χ0v) is 17.9. The molecule has 0 fully saturated rings. The monoisotopic (exact) mass is 400 g/mol. The van der Waals surface area contributed by atoms with Gasteiger partial charge in [0.2, 0.25) is 0 Å². The van der Waals surface area contributed by atoms with E-state index in [2.05, 4.69) is 104 Å². The molecule has 1 aliphatic rings. The van der Waals surface area contributed by atoms with Crippen LogP contribution in [0.15, 0.2) is 89.7 Å². The van der Waals surface area contributed by atoms with Crippen LogP contribution in [0.25, 0.3) is 27.1 Å². The Hall–Kier alpha value is -2.29. The van der Waals surface area contributed by atoms with Gasteiger partial charge in [-0.3, -0.25) is 0 Å². The van der Waals surface area contributed by atoms with Gasteiger partial charge in [-0.1, -0.05) is 48.6 Å². The molecule has 0 N–H and O–H groups in total. The Morgan fingerprint density at radius 2 is 1.86 bits per heavy atom. The van der Waals surface area contributed by atoms with Crippen molar-refractivity contribution < 1.29 is 0 Å². The number of hydrogen-bond acceptors (Lipinski definition) is 2. The zero-order valence-electron chi connectivity index (χ0n) is 16.3. The van der Waals surface area contributed by atoms with Gasteiger partial charge in [-0.05, 0) is 94.8 Å². The molecule has 1 atom stereocenters. The second-order valence-electron chi connectivity index (χ2n) is 6.88. The Balaban J connectivity index is 1.81. The van der Waals surface area contributed by atoms with Crippen molar-refractivity contribution in [2.45, 2.75) is 25.5 Å². The Morgan fingerprint density at radius 1 is 0.964 bits per heavy atom. The van der Waals surface area contributed by atoms with Crippen LogP contribution in [0.3, 0.4) is 0 Å². The van der Waals surface area contributed by atoms with Crippen molar-refractivity contribution >= 4 is 28.7 Å². The standard InChI is InChI=1S/C26H24S2/c1-3-8-19(4-2)20-9-5-10-21(15-20)22-16-23(25-11-6-13-27-25)18-24(17-22)26-12-7-14-28-26/h3-11,13-18,26H,12H2,1-2H3/b8-3-,19-4+. The van der Waals surface area contributed by atoms with E-state index >= 15 is 0 Å². The van der Waals surface area contributed by atoms with E-state index in [9.17, 15) is 0 Å². The number of allylic oxidation sites excluding steroid dienone is 5. The highest BCUT2D eigenvalue weighted by molar-refractivity contribution is 8.02. The molecule has 28 heavy (non-hydrogen) atoms. The largest absolute Gasteiger partial charge is 0.144 e. The van der Waals surface area contributed by atoms with E-state index in [0.717, 1.165) is 6.42 Å². The second-order valence-corrected chi connectivity index (χ2v) is 8.94. The van der Waals surface area contributed by atoms with Crippen molar-refractivity contribution in [1.82, 2.24) is 0 Å². The van der Waals surface area contributed by atoms with Crippen LogP contribution in [0.5, 0.6) is 0 Å². The third kappa shape index (κ3) is 4.09. The molecule has 0 amide bonds. The van der Waals surface area contributed by atoms with Crippen LogP contribution in [-0.4, -0.2) is 0 Å². The van der Waals surface area contributed by atoms with Gasteiger partial charge in [0.15, 0.2) is 0 Å². The van der Waals surface area contributed by atoms with Gasteiger partial charge in [0, 0.05) is 10.1 Å². The number of thioether (sulfide) groups is 1. The molecular formula is C26H24S2. The summed E-state index contributed by atoms with van der Waals surface area (Å²) in [5.41, 5.74) is 7.83. The first kappa shape index (κ1) is 19.0. The number of benzene rings is 2. The lowest BCUT2D eigenvalue weighted by Crippen LogP contribution is -1.92. The van der Waals surface area contributed by atoms with Crippen LogP contribution in [0, 0.1) is 0 Å². The maximum absolute atomic E-state index is 2.38. The Morgan fingerprint density at radius 3 is 2.57 bits per heavy atom. The molecule has 0 aliphatic carbocycles. The molecule has 0 nitrogen and oxygen atoms in total. The lowest BCUT2D eigenvalue weighted by atomic mass is 9.94. The van der Waals surface area contributed by atoms with E-state index in [4.69, 9.17) is 0 Å². The first-order chi connectivity index (χ1) is 13.8. The molecule has 0 saturated heterocycles. The van der Waals surface area contributed by atoms with Gasteiger partial charge >= 0.3 is 0 Å². The Bertz CT molecular complexity index is 1030. The summed E-state index contributed by atoms with van der Waals surface area (Å²) in [4.78, 5) is 1.33. The van der Waals surface area contributed by atoms with Gasteiger partial charge in [0.25, 0.3) is 0 Å². The summed E-state index contributed by atoms with van der Waals surface area (Å²) in [6.07, 6.45) is 9.84. The first-order valence-electron chi connectivity index (χ1n) is 9.67. The molecule has 0 radical (unpaired) electrons. The molecule has 1 aromatic heterocycles. The molecule has 1 aliphatic heterocycles. The zero-order chi connectivity index (χ0) is 19.3. The van der Waals surface area contributed by atoms with E-state index in [1.165, 1.54) is 38.3 Å². The summed E-state index contributed by atoms with van der Waals surface area (Å²) in [6.45, 7) is 4.17. The molecule has 2 heteroatoms. The van der Waals surface area contributed by atoms with Crippen molar-refractivity contribution in [3.8, 4) is 21.6 Å². The average Bonchev–Trinajstić information content (AvgIpc) is 3.46. The van der Waals surface area contributed by atoms with Crippen LogP contribution in [0.2, 0.25) is 0 Å². The molecule has 140 valence electrons. The van der Waals surface area contributed by atoms with Crippen LogP contribution < -0.4 is 0 Å². The maximum Gasteiger partial charge on any atom is 0.0373 e.